The van der Waals surface area contributed by atoms with Gasteiger partial charge in [0.2, 0.25) is 0 Å². The minimum absolute atomic E-state index is 0.797. The van der Waals surface area contributed by atoms with Crippen molar-refractivity contribution in [1.82, 2.24) is 15.1 Å². The summed E-state index contributed by atoms with van der Waals surface area (Å²) in [7, 11) is 1.71. The van der Waals surface area contributed by atoms with Crippen LogP contribution in [0.2, 0.25) is 0 Å². The molecule has 1 fully saturated rings. The molecule has 1 aliphatic heterocycles. The quantitative estimate of drug-likeness (QED) is 0.941. The van der Waals surface area contributed by atoms with Gasteiger partial charge in [-0.3, -0.25) is 10.00 Å². The van der Waals surface area contributed by atoms with Crippen LogP contribution in [-0.4, -0.2) is 34.8 Å². The number of ether oxygens (including phenoxy) is 1. The summed E-state index contributed by atoms with van der Waals surface area (Å²) in [6.45, 7) is 2.19. The molecule has 1 aliphatic carbocycles. The van der Waals surface area contributed by atoms with E-state index in [4.69, 9.17) is 4.74 Å². The van der Waals surface area contributed by atoms with Crippen molar-refractivity contribution in [3.63, 3.8) is 0 Å². The van der Waals surface area contributed by atoms with E-state index in [2.05, 4.69) is 27.2 Å². The molecule has 0 saturated heterocycles. The third-order valence-corrected chi connectivity index (χ3v) is 4.90. The van der Waals surface area contributed by atoms with E-state index in [9.17, 15) is 0 Å². The van der Waals surface area contributed by atoms with E-state index < -0.39 is 0 Å². The lowest BCUT2D eigenvalue weighted by atomic mass is 9.89. The number of H-pyrrole nitrogens is 1. The molecule has 0 unspecified atom stereocenters. The number of methoxy groups -OCH3 is 1. The number of benzene rings is 1. The molecule has 4 heteroatoms. The standard InChI is InChI=1S/C17H21N3O/c1-21-14-7-2-4-12(10-14)17-15-11-20(13-5-3-6-13)9-8-16(15)18-19-17/h2,4,7,10,13H,3,5-6,8-9,11H2,1H3,(H,18,19). The van der Waals surface area contributed by atoms with Gasteiger partial charge in [-0.05, 0) is 25.0 Å². The predicted molar refractivity (Wildman–Crippen MR) is 82.3 cm³/mol. The second-order valence-electron chi connectivity index (χ2n) is 6.07. The van der Waals surface area contributed by atoms with Gasteiger partial charge in [-0.25, -0.2) is 0 Å². The highest BCUT2D eigenvalue weighted by Crippen LogP contribution is 2.34. The van der Waals surface area contributed by atoms with Crippen molar-refractivity contribution < 1.29 is 4.74 Å². The first-order valence-electron chi connectivity index (χ1n) is 7.80. The third kappa shape index (κ3) is 2.23. The molecule has 0 radical (unpaired) electrons. The van der Waals surface area contributed by atoms with Crippen LogP contribution in [0.1, 0.15) is 30.5 Å². The van der Waals surface area contributed by atoms with Crippen LogP contribution in [0.25, 0.3) is 11.3 Å². The van der Waals surface area contributed by atoms with Crippen LogP contribution in [-0.2, 0) is 13.0 Å². The Hall–Kier alpha value is -1.81. The lowest BCUT2D eigenvalue weighted by Gasteiger charge is -2.39. The van der Waals surface area contributed by atoms with Gasteiger partial charge in [0.05, 0.1) is 12.8 Å². The summed E-state index contributed by atoms with van der Waals surface area (Å²) in [5, 5.41) is 7.81. The number of aromatic amines is 1. The number of aromatic nitrogens is 2. The summed E-state index contributed by atoms with van der Waals surface area (Å²) in [6.07, 6.45) is 5.20. The van der Waals surface area contributed by atoms with Crippen molar-refractivity contribution in [3.05, 3.63) is 35.5 Å². The molecule has 4 nitrogen and oxygen atoms in total. The Morgan fingerprint density at radius 3 is 3.00 bits per heavy atom. The van der Waals surface area contributed by atoms with Crippen molar-refractivity contribution in [1.29, 1.82) is 0 Å². The maximum atomic E-state index is 5.33. The van der Waals surface area contributed by atoms with E-state index in [0.717, 1.165) is 42.6 Å². The van der Waals surface area contributed by atoms with Crippen LogP contribution in [0.5, 0.6) is 5.75 Å². The monoisotopic (exact) mass is 283 g/mol. The van der Waals surface area contributed by atoms with E-state index in [1.165, 1.54) is 30.5 Å². The van der Waals surface area contributed by atoms with Crippen molar-refractivity contribution in [3.8, 4) is 17.0 Å². The van der Waals surface area contributed by atoms with Gasteiger partial charge in [0.1, 0.15) is 5.75 Å². The second-order valence-corrected chi connectivity index (χ2v) is 6.07. The first-order valence-corrected chi connectivity index (χ1v) is 7.80. The summed E-state index contributed by atoms with van der Waals surface area (Å²) in [4.78, 5) is 2.63. The van der Waals surface area contributed by atoms with Gasteiger partial charge in [-0.15, -0.1) is 0 Å². The molecule has 0 atom stereocenters. The Morgan fingerprint density at radius 2 is 2.24 bits per heavy atom. The number of nitrogens with one attached hydrogen (secondary N) is 1. The molecule has 2 aromatic rings. The molecule has 21 heavy (non-hydrogen) atoms. The summed E-state index contributed by atoms with van der Waals surface area (Å²) >= 11 is 0. The van der Waals surface area contributed by atoms with Crippen molar-refractivity contribution in [2.45, 2.75) is 38.3 Å². The average molecular weight is 283 g/mol. The highest BCUT2D eigenvalue weighted by atomic mass is 16.5. The van der Waals surface area contributed by atoms with Crippen molar-refractivity contribution >= 4 is 0 Å². The van der Waals surface area contributed by atoms with Crippen LogP contribution < -0.4 is 4.74 Å². The zero-order valence-electron chi connectivity index (χ0n) is 12.4. The first-order chi connectivity index (χ1) is 10.3. The van der Waals surface area contributed by atoms with E-state index in [0.29, 0.717) is 0 Å². The average Bonchev–Trinajstić information content (AvgIpc) is 2.89. The molecule has 2 heterocycles. The fourth-order valence-electron chi connectivity index (χ4n) is 3.39. The Bertz CT molecular complexity index is 645. The predicted octanol–water partition coefficient (Wildman–Crippen LogP) is 3.00. The van der Waals surface area contributed by atoms with E-state index in [-0.39, 0.29) is 0 Å². The Balaban J connectivity index is 1.66. The van der Waals surface area contributed by atoms with Crippen LogP contribution in [0.3, 0.4) is 0 Å². The number of fused-ring (bicyclic) bond motifs is 1. The fourth-order valence-corrected chi connectivity index (χ4v) is 3.39. The number of hydrogen-bond acceptors (Lipinski definition) is 3. The first kappa shape index (κ1) is 12.9. The van der Waals surface area contributed by atoms with Gasteiger partial charge in [0, 0.05) is 42.4 Å². The van der Waals surface area contributed by atoms with Gasteiger partial charge in [0.15, 0.2) is 0 Å². The molecule has 2 aliphatic rings. The molecule has 0 bridgehead atoms. The maximum absolute atomic E-state index is 5.33. The van der Waals surface area contributed by atoms with Crippen LogP contribution in [0.15, 0.2) is 24.3 Å². The summed E-state index contributed by atoms with van der Waals surface area (Å²) in [5.41, 5.74) is 4.92. The van der Waals surface area contributed by atoms with Gasteiger partial charge in [0.25, 0.3) is 0 Å². The van der Waals surface area contributed by atoms with Crippen LogP contribution in [0, 0.1) is 0 Å². The molecule has 1 aromatic carbocycles. The van der Waals surface area contributed by atoms with Gasteiger partial charge >= 0.3 is 0 Å². The number of rotatable bonds is 3. The smallest absolute Gasteiger partial charge is 0.119 e. The normalized spacial score (nSPS) is 19.1. The lowest BCUT2D eigenvalue weighted by Crippen LogP contribution is -2.42. The molecule has 0 spiro atoms. The SMILES string of the molecule is COc1cccc(-c2n[nH]c3c2CN(C2CCC2)CC3)c1. The summed E-state index contributed by atoms with van der Waals surface area (Å²) in [5.74, 6) is 0.885. The minimum Gasteiger partial charge on any atom is -0.497 e. The fraction of sp³-hybridized carbons (Fsp3) is 0.471. The van der Waals surface area contributed by atoms with Gasteiger partial charge < -0.3 is 4.74 Å². The number of hydrogen-bond donors (Lipinski definition) is 1. The Kier molecular flexibility index (Phi) is 3.19. The molecular formula is C17H21N3O. The zero-order valence-corrected chi connectivity index (χ0v) is 12.4. The Morgan fingerprint density at radius 1 is 1.33 bits per heavy atom. The topological polar surface area (TPSA) is 41.1 Å². The van der Waals surface area contributed by atoms with Crippen LogP contribution >= 0.6 is 0 Å². The van der Waals surface area contributed by atoms with E-state index >= 15 is 0 Å². The molecule has 0 amide bonds. The Labute approximate surface area is 125 Å². The molecule has 4 rings (SSSR count). The summed E-state index contributed by atoms with van der Waals surface area (Å²) < 4.78 is 5.33. The molecule has 1 saturated carbocycles. The van der Waals surface area contributed by atoms with Gasteiger partial charge in [-0.2, -0.15) is 5.10 Å². The van der Waals surface area contributed by atoms with Gasteiger partial charge in [-0.1, -0.05) is 18.6 Å². The molecular weight excluding hydrogens is 262 g/mol. The molecule has 110 valence electrons. The largest absolute Gasteiger partial charge is 0.497 e. The maximum Gasteiger partial charge on any atom is 0.119 e. The van der Waals surface area contributed by atoms with Crippen molar-refractivity contribution in [2.75, 3.05) is 13.7 Å². The molecule has 1 N–H and O–H groups in total. The lowest BCUT2D eigenvalue weighted by molar-refractivity contribution is 0.113. The highest BCUT2D eigenvalue weighted by Gasteiger charge is 2.30. The number of nitrogens with zero attached hydrogens (tertiary/aromatic N) is 2. The second kappa shape index (κ2) is 5.19. The third-order valence-electron chi connectivity index (χ3n) is 4.90. The zero-order chi connectivity index (χ0) is 14.2. The van der Waals surface area contributed by atoms with Crippen molar-refractivity contribution in [2.24, 2.45) is 0 Å². The summed E-state index contributed by atoms with van der Waals surface area (Å²) in [6, 6.07) is 8.98. The minimum atomic E-state index is 0.797. The van der Waals surface area contributed by atoms with E-state index in [1.54, 1.807) is 7.11 Å². The van der Waals surface area contributed by atoms with Crippen LogP contribution in [0.4, 0.5) is 0 Å². The highest BCUT2D eigenvalue weighted by molar-refractivity contribution is 5.65. The molecule has 1 aromatic heterocycles. The van der Waals surface area contributed by atoms with E-state index in [1.807, 2.05) is 12.1 Å².